The average molecular weight is 308 g/mol. The molecular weight excluding hydrogens is 292 g/mol. The van der Waals surface area contributed by atoms with Crippen LogP contribution in [0.2, 0.25) is 0 Å². The van der Waals surface area contributed by atoms with E-state index in [9.17, 15) is 14.4 Å². The zero-order valence-electron chi connectivity index (χ0n) is 12.4. The quantitative estimate of drug-likeness (QED) is 0.665. The van der Waals surface area contributed by atoms with E-state index in [-0.39, 0.29) is 40.9 Å². The molecule has 1 spiro atoms. The summed E-state index contributed by atoms with van der Waals surface area (Å²) in [6.45, 7) is 0. The molecule has 1 N–H and O–H groups in total. The largest absolute Gasteiger partial charge is 0.272 e. The van der Waals surface area contributed by atoms with Crippen molar-refractivity contribution in [3.8, 4) is 0 Å². The van der Waals surface area contributed by atoms with Gasteiger partial charge in [0.05, 0.1) is 11.8 Å². The Balaban J connectivity index is 1.42. The fourth-order valence-electron chi connectivity index (χ4n) is 4.94. The number of benzene rings is 1. The van der Waals surface area contributed by atoms with Crippen molar-refractivity contribution in [1.82, 2.24) is 10.4 Å². The summed E-state index contributed by atoms with van der Waals surface area (Å²) >= 11 is 0. The number of carbonyl (C=O) groups excluding carboxylic acids is 3. The molecule has 1 saturated heterocycles. The van der Waals surface area contributed by atoms with Gasteiger partial charge in [0.25, 0.3) is 17.7 Å². The van der Waals surface area contributed by atoms with Gasteiger partial charge in [0, 0.05) is 5.56 Å². The molecule has 2 saturated carbocycles. The van der Waals surface area contributed by atoms with Crippen LogP contribution in [-0.4, -0.2) is 22.7 Å². The second-order valence-electron chi connectivity index (χ2n) is 7.04. The monoisotopic (exact) mass is 308 g/mol. The van der Waals surface area contributed by atoms with Gasteiger partial charge in [-0.25, -0.2) is 0 Å². The van der Waals surface area contributed by atoms with Crippen LogP contribution in [0, 0.1) is 29.1 Å². The highest BCUT2D eigenvalue weighted by atomic mass is 16.2. The predicted molar refractivity (Wildman–Crippen MR) is 80.5 cm³/mol. The molecule has 116 valence electrons. The normalized spacial score (nSPS) is 35.0. The van der Waals surface area contributed by atoms with Crippen molar-refractivity contribution in [3.63, 3.8) is 0 Å². The molecule has 23 heavy (non-hydrogen) atoms. The van der Waals surface area contributed by atoms with Gasteiger partial charge in [0.2, 0.25) is 0 Å². The van der Waals surface area contributed by atoms with Crippen LogP contribution in [0.5, 0.6) is 0 Å². The first-order chi connectivity index (χ1) is 11.1. The molecule has 0 radical (unpaired) electrons. The highest BCUT2D eigenvalue weighted by molar-refractivity contribution is 6.09. The summed E-state index contributed by atoms with van der Waals surface area (Å²) in [6.07, 6.45) is 6.46. The number of nitrogens with one attached hydrogen (secondary N) is 1. The van der Waals surface area contributed by atoms with Gasteiger partial charge in [-0.1, -0.05) is 30.4 Å². The fraction of sp³-hybridized carbons (Fsp3) is 0.389. The van der Waals surface area contributed by atoms with Gasteiger partial charge >= 0.3 is 0 Å². The number of fused-ring (bicyclic) bond motifs is 3. The summed E-state index contributed by atoms with van der Waals surface area (Å²) in [5.74, 6) is -1.12. The molecule has 1 aromatic carbocycles. The SMILES string of the molecule is O=C(NN1C(=O)[C@H]2[C@H](C1=O)[C@@H]1C=C[C@H]2C12CC2)c1ccccc1. The first kappa shape index (κ1) is 13.0. The van der Waals surface area contributed by atoms with Crippen LogP contribution >= 0.6 is 0 Å². The molecule has 3 fully saturated rings. The third-order valence-electron chi connectivity index (χ3n) is 6.10. The Kier molecular flexibility index (Phi) is 2.33. The maximum atomic E-state index is 12.7. The lowest BCUT2D eigenvalue weighted by atomic mass is 9.85. The highest BCUT2D eigenvalue weighted by Gasteiger charge is 2.73. The third kappa shape index (κ3) is 1.49. The molecule has 0 aromatic heterocycles. The zero-order valence-corrected chi connectivity index (χ0v) is 12.4. The van der Waals surface area contributed by atoms with Crippen molar-refractivity contribution in [3.05, 3.63) is 48.0 Å². The third-order valence-corrected chi connectivity index (χ3v) is 6.10. The molecule has 2 bridgehead atoms. The smallest absolute Gasteiger partial charge is 0.270 e. The number of hydrogen-bond donors (Lipinski definition) is 1. The second-order valence-corrected chi connectivity index (χ2v) is 7.04. The first-order valence-corrected chi connectivity index (χ1v) is 8.06. The topological polar surface area (TPSA) is 66.5 Å². The lowest BCUT2D eigenvalue weighted by molar-refractivity contribution is -0.144. The zero-order chi connectivity index (χ0) is 15.8. The van der Waals surface area contributed by atoms with Crippen molar-refractivity contribution in [2.75, 3.05) is 0 Å². The number of carbonyl (C=O) groups is 3. The number of hydrazine groups is 1. The maximum Gasteiger partial charge on any atom is 0.270 e. The number of imide groups is 1. The minimum absolute atomic E-state index is 0.174. The summed E-state index contributed by atoms with van der Waals surface area (Å²) < 4.78 is 0. The first-order valence-electron chi connectivity index (χ1n) is 8.06. The summed E-state index contributed by atoms with van der Waals surface area (Å²) in [5, 5.41) is 0.965. The van der Waals surface area contributed by atoms with Gasteiger partial charge < -0.3 is 0 Å². The fourth-order valence-corrected chi connectivity index (χ4v) is 4.94. The van der Waals surface area contributed by atoms with Crippen molar-refractivity contribution in [2.45, 2.75) is 12.8 Å². The summed E-state index contributed by atoms with van der Waals surface area (Å²) in [5.41, 5.74) is 3.12. The van der Waals surface area contributed by atoms with E-state index in [1.54, 1.807) is 24.3 Å². The van der Waals surface area contributed by atoms with E-state index in [0.717, 1.165) is 17.9 Å². The van der Waals surface area contributed by atoms with Crippen molar-refractivity contribution < 1.29 is 14.4 Å². The molecule has 5 rings (SSSR count). The molecule has 5 heteroatoms. The Morgan fingerprint density at radius 1 is 1.00 bits per heavy atom. The van der Waals surface area contributed by atoms with E-state index >= 15 is 0 Å². The molecule has 0 unspecified atom stereocenters. The van der Waals surface area contributed by atoms with E-state index < -0.39 is 5.91 Å². The standard InChI is InChI=1S/C18H16N2O3/c21-15(10-4-2-1-3-5-10)19-20-16(22)13-11-6-7-12(14(13)17(20)23)18(11)8-9-18/h1-7,11-14H,8-9H2,(H,19,21)/t11-,12+,13-,14-/m1/s1. The van der Waals surface area contributed by atoms with Crippen LogP contribution < -0.4 is 5.43 Å². The van der Waals surface area contributed by atoms with Crippen LogP contribution in [0.1, 0.15) is 23.2 Å². The molecule has 5 nitrogen and oxygen atoms in total. The summed E-state index contributed by atoms with van der Waals surface area (Å²) in [6, 6.07) is 8.62. The average Bonchev–Trinajstić information content (AvgIpc) is 3.18. The van der Waals surface area contributed by atoms with Gasteiger partial charge in [0.1, 0.15) is 0 Å². The Bertz CT molecular complexity index is 732. The number of nitrogens with zero attached hydrogens (tertiary/aromatic N) is 1. The summed E-state index contributed by atoms with van der Waals surface area (Å²) in [4.78, 5) is 37.7. The molecule has 4 aliphatic rings. The Morgan fingerprint density at radius 3 is 2.09 bits per heavy atom. The predicted octanol–water partition coefficient (Wildman–Crippen LogP) is 1.53. The molecule has 3 amide bonds. The molecule has 4 atom stereocenters. The Hall–Kier alpha value is -2.43. The van der Waals surface area contributed by atoms with Gasteiger partial charge in [-0.15, -0.1) is 0 Å². The minimum Gasteiger partial charge on any atom is -0.272 e. The minimum atomic E-state index is -0.422. The Morgan fingerprint density at radius 2 is 1.57 bits per heavy atom. The summed E-state index contributed by atoms with van der Waals surface area (Å²) in [7, 11) is 0. The van der Waals surface area contributed by atoms with E-state index in [4.69, 9.17) is 0 Å². The molecule has 1 aromatic rings. The van der Waals surface area contributed by atoms with E-state index in [1.165, 1.54) is 0 Å². The lowest BCUT2D eigenvalue weighted by Crippen LogP contribution is -2.47. The molecular formula is C18H16N2O3. The lowest BCUT2D eigenvalue weighted by Gasteiger charge is -2.21. The molecule has 3 aliphatic carbocycles. The molecule has 1 heterocycles. The van der Waals surface area contributed by atoms with Crippen LogP contribution in [-0.2, 0) is 9.59 Å². The van der Waals surface area contributed by atoms with Crippen LogP contribution in [0.4, 0.5) is 0 Å². The van der Waals surface area contributed by atoms with Gasteiger partial charge in [-0.3, -0.25) is 19.8 Å². The van der Waals surface area contributed by atoms with Gasteiger partial charge in [-0.05, 0) is 42.2 Å². The van der Waals surface area contributed by atoms with Crippen LogP contribution in [0.3, 0.4) is 0 Å². The van der Waals surface area contributed by atoms with E-state index in [2.05, 4.69) is 17.6 Å². The highest BCUT2D eigenvalue weighted by Crippen LogP contribution is 2.73. The van der Waals surface area contributed by atoms with Gasteiger partial charge in [-0.2, -0.15) is 5.01 Å². The second kappa shape index (κ2) is 4.10. The van der Waals surface area contributed by atoms with Crippen molar-refractivity contribution >= 4 is 17.7 Å². The number of amides is 3. The number of allylic oxidation sites excluding steroid dienone is 2. The number of hydrogen-bond acceptors (Lipinski definition) is 3. The Labute approximate surface area is 133 Å². The molecule has 1 aliphatic heterocycles. The number of rotatable bonds is 2. The van der Waals surface area contributed by atoms with Crippen LogP contribution in [0.25, 0.3) is 0 Å². The van der Waals surface area contributed by atoms with E-state index in [1.807, 2.05) is 6.07 Å². The van der Waals surface area contributed by atoms with Gasteiger partial charge in [0.15, 0.2) is 0 Å². The van der Waals surface area contributed by atoms with Crippen LogP contribution in [0.15, 0.2) is 42.5 Å². The van der Waals surface area contributed by atoms with E-state index in [0.29, 0.717) is 5.56 Å². The maximum absolute atomic E-state index is 12.7. The van der Waals surface area contributed by atoms with Crippen molar-refractivity contribution in [2.24, 2.45) is 29.1 Å². The van der Waals surface area contributed by atoms with Crippen molar-refractivity contribution in [1.29, 1.82) is 0 Å².